The maximum absolute atomic E-state index is 12.1. The maximum atomic E-state index is 12.1. The lowest BCUT2D eigenvalue weighted by Gasteiger charge is -2.05. The van der Waals surface area contributed by atoms with Crippen molar-refractivity contribution in [3.63, 3.8) is 0 Å². The average Bonchev–Trinajstić information content (AvgIpc) is 2.95. The third kappa shape index (κ3) is 3.44. The van der Waals surface area contributed by atoms with Crippen molar-refractivity contribution in [2.45, 2.75) is 0 Å². The Labute approximate surface area is 140 Å². The van der Waals surface area contributed by atoms with Crippen LogP contribution in [0.25, 0.3) is 5.69 Å². The number of H-pyrrole nitrogens is 1. The Morgan fingerprint density at radius 2 is 2.00 bits per heavy atom. The minimum atomic E-state index is -0.427. The molecular weight excluding hydrogens is 339 g/mol. The number of nitrogens with zero attached hydrogens (tertiary/aromatic N) is 2. The van der Waals surface area contributed by atoms with Crippen molar-refractivity contribution in [1.82, 2.24) is 14.8 Å². The van der Waals surface area contributed by atoms with Crippen LogP contribution in [-0.2, 0) is 0 Å². The summed E-state index contributed by atoms with van der Waals surface area (Å²) in [7, 11) is 0. The summed E-state index contributed by atoms with van der Waals surface area (Å²) in [4.78, 5) is 25.7. The van der Waals surface area contributed by atoms with E-state index in [1.165, 1.54) is 23.0 Å². The van der Waals surface area contributed by atoms with Gasteiger partial charge in [-0.15, -0.1) is 5.10 Å². The molecule has 0 aliphatic heterocycles. The molecule has 0 atom stereocenters. The molecule has 0 aliphatic carbocycles. The number of rotatable bonds is 3. The van der Waals surface area contributed by atoms with Gasteiger partial charge in [0.05, 0.1) is 10.7 Å². The van der Waals surface area contributed by atoms with E-state index < -0.39 is 5.91 Å². The monoisotopic (exact) mass is 348 g/mol. The van der Waals surface area contributed by atoms with Crippen molar-refractivity contribution in [2.75, 3.05) is 5.32 Å². The summed E-state index contributed by atoms with van der Waals surface area (Å²) < 4.78 is 1.52. The molecule has 0 bridgehead atoms. The van der Waals surface area contributed by atoms with Gasteiger partial charge in [-0.25, -0.2) is 4.68 Å². The molecule has 116 valence electrons. The van der Waals surface area contributed by atoms with Gasteiger partial charge < -0.3 is 10.3 Å². The molecule has 2 aromatic heterocycles. The molecule has 1 amide bonds. The van der Waals surface area contributed by atoms with Crippen LogP contribution < -0.4 is 10.9 Å². The minimum absolute atomic E-state index is 0.243. The van der Waals surface area contributed by atoms with Crippen molar-refractivity contribution in [3.8, 4) is 5.69 Å². The Bertz CT molecular complexity index is 933. The number of aromatic amines is 1. The van der Waals surface area contributed by atoms with Gasteiger partial charge in [-0.05, 0) is 24.3 Å². The zero-order valence-electron chi connectivity index (χ0n) is 11.6. The van der Waals surface area contributed by atoms with Gasteiger partial charge in [0.1, 0.15) is 0 Å². The number of aromatic nitrogens is 3. The number of nitrogens with one attached hydrogen (secondary N) is 2. The first-order valence-electron chi connectivity index (χ1n) is 6.54. The van der Waals surface area contributed by atoms with Crippen molar-refractivity contribution < 1.29 is 4.79 Å². The number of carbonyl (C=O) groups excluding carboxylic acids is 1. The van der Waals surface area contributed by atoms with E-state index in [2.05, 4.69) is 15.4 Å². The number of hydrogen-bond acceptors (Lipinski definition) is 3. The molecule has 3 rings (SSSR count). The molecule has 1 aromatic carbocycles. The molecule has 0 spiro atoms. The molecule has 8 heteroatoms. The second-order valence-electron chi connectivity index (χ2n) is 4.64. The maximum Gasteiger partial charge on any atom is 0.257 e. The number of pyridine rings is 1. The predicted octanol–water partition coefficient (Wildman–Crippen LogP) is 3.12. The van der Waals surface area contributed by atoms with E-state index in [9.17, 15) is 9.59 Å². The molecule has 0 saturated heterocycles. The third-order valence-electron chi connectivity index (χ3n) is 3.02. The van der Waals surface area contributed by atoms with E-state index in [4.69, 9.17) is 23.2 Å². The van der Waals surface area contributed by atoms with Crippen LogP contribution in [0, 0.1) is 0 Å². The average molecular weight is 349 g/mol. The lowest BCUT2D eigenvalue weighted by Crippen LogP contribution is -2.16. The van der Waals surface area contributed by atoms with Gasteiger partial charge >= 0.3 is 0 Å². The minimum Gasteiger partial charge on any atom is -0.329 e. The Hall–Kier alpha value is -2.57. The molecule has 0 saturated carbocycles. The van der Waals surface area contributed by atoms with Crippen LogP contribution in [0.1, 0.15) is 10.4 Å². The van der Waals surface area contributed by atoms with Gasteiger partial charge in [-0.3, -0.25) is 9.59 Å². The van der Waals surface area contributed by atoms with Crippen molar-refractivity contribution in [1.29, 1.82) is 0 Å². The van der Waals surface area contributed by atoms with Crippen molar-refractivity contribution in [2.24, 2.45) is 0 Å². The molecular formula is C15H10Cl2N4O2. The van der Waals surface area contributed by atoms with E-state index in [1.54, 1.807) is 30.5 Å². The Balaban J connectivity index is 1.82. The first-order chi connectivity index (χ1) is 11.0. The van der Waals surface area contributed by atoms with Crippen LogP contribution in [-0.4, -0.2) is 20.7 Å². The summed E-state index contributed by atoms with van der Waals surface area (Å²) in [6, 6.07) is 9.36. The number of hydrogen-bond donors (Lipinski definition) is 2. The van der Waals surface area contributed by atoms with Crippen LogP contribution in [0.2, 0.25) is 10.0 Å². The van der Waals surface area contributed by atoms with Gasteiger partial charge in [-0.1, -0.05) is 23.2 Å². The van der Waals surface area contributed by atoms with Gasteiger partial charge in [0.15, 0.2) is 5.82 Å². The van der Waals surface area contributed by atoms with E-state index in [1.807, 2.05) is 0 Å². The fourth-order valence-corrected chi connectivity index (χ4v) is 2.46. The number of anilines is 1. The highest BCUT2D eigenvalue weighted by atomic mass is 35.5. The third-order valence-corrected chi connectivity index (χ3v) is 3.56. The number of amides is 1. The van der Waals surface area contributed by atoms with Crippen LogP contribution in [0.4, 0.5) is 5.82 Å². The highest BCUT2D eigenvalue weighted by Crippen LogP contribution is 2.24. The van der Waals surface area contributed by atoms with Crippen LogP contribution in [0.15, 0.2) is 53.6 Å². The topological polar surface area (TPSA) is 79.8 Å². The van der Waals surface area contributed by atoms with Crippen LogP contribution >= 0.6 is 23.2 Å². The summed E-state index contributed by atoms with van der Waals surface area (Å²) in [5.41, 5.74) is 0.525. The highest BCUT2D eigenvalue weighted by molar-refractivity contribution is 6.35. The highest BCUT2D eigenvalue weighted by Gasteiger charge is 2.10. The molecule has 6 nitrogen and oxygen atoms in total. The molecule has 0 unspecified atom stereocenters. The van der Waals surface area contributed by atoms with E-state index in [0.717, 1.165) is 0 Å². The van der Waals surface area contributed by atoms with Gasteiger partial charge in [0.2, 0.25) is 5.56 Å². The van der Waals surface area contributed by atoms with E-state index >= 15 is 0 Å². The molecule has 2 heterocycles. The standard InChI is InChI=1S/C15H10Cl2N4O2/c16-10-1-2-12(11(17)8-10)21-6-4-13(20-21)19-15(23)9-3-5-18-14(22)7-9/h1-8H,(H,18,22)(H,19,20,23). The molecule has 0 aliphatic rings. The Morgan fingerprint density at radius 1 is 1.17 bits per heavy atom. The van der Waals surface area contributed by atoms with E-state index in [-0.39, 0.29) is 11.1 Å². The van der Waals surface area contributed by atoms with Gasteiger partial charge in [0.25, 0.3) is 5.91 Å². The molecule has 3 aromatic rings. The van der Waals surface area contributed by atoms with Crippen molar-refractivity contribution >= 4 is 34.9 Å². The number of halogens is 2. The first kappa shape index (κ1) is 15.3. The summed E-state index contributed by atoms with van der Waals surface area (Å²) in [5, 5.41) is 7.80. The van der Waals surface area contributed by atoms with Crippen molar-refractivity contribution in [3.05, 3.63) is 74.8 Å². The summed E-state index contributed by atoms with van der Waals surface area (Å²) >= 11 is 12.0. The number of benzene rings is 1. The SMILES string of the molecule is O=C(Nc1ccn(-c2ccc(Cl)cc2Cl)n1)c1cc[nH]c(=O)c1. The Kier molecular flexibility index (Phi) is 4.18. The zero-order chi connectivity index (χ0) is 16.4. The second kappa shape index (κ2) is 6.28. The van der Waals surface area contributed by atoms with Gasteiger partial charge in [-0.2, -0.15) is 0 Å². The lowest BCUT2D eigenvalue weighted by molar-refractivity contribution is 0.102. The normalized spacial score (nSPS) is 10.5. The fourth-order valence-electron chi connectivity index (χ4n) is 1.97. The molecule has 2 N–H and O–H groups in total. The fraction of sp³-hybridized carbons (Fsp3) is 0. The quantitative estimate of drug-likeness (QED) is 0.762. The molecule has 0 fully saturated rings. The predicted molar refractivity (Wildman–Crippen MR) is 88.6 cm³/mol. The smallest absolute Gasteiger partial charge is 0.257 e. The Morgan fingerprint density at radius 3 is 2.74 bits per heavy atom. The lowest BCUT2D eigenvalue weighted by atomic mass is 10.2. The zero-order valence-corrected chi connectivity index (χ0v) is 13.1. The summed E-state index contributed by atoms with van der Waals surface area (Å²) in [6.07, 6.45) is 3.06. The largest absolute Gasteiger partial charge is 0.329 e. The number of carbonyl (C=O) groups is 1. The van der Waals surface area contributed by atoms with Crippen LogP contribution in [0.5, 0.6) is 0 Å². The van der Waals surface area contributed by atoms with Crippen LogP contribution in [0.3, 0.4) is 0 Å². The summed E-state index contributed by atoms with van der Waals surface area (Å²) in [6.45, 7) is 0. The molecule has 0 radical (unpaired) electrons. The molecule has 23 heavy (non-hydrogen) atoms. The first-order valence-corrected chi connectivity index (χ1v) is 7.30. The van der Waals surface area contributed by atoms with Gasteiger partial charge in [0, 0.05) is 35.1 Å². The summed E-state index contributed by atoms with van der Waals surface area (Å²) in [5.74, 6) is -0.0927. The second-order valence-corrected chi connectivity index (χ2v) is 5.48. The van der Waals surface area contributed by atoms with E-state index in [0.29, 0.717) is 21.6 Å².